The Kier molecular flexibility index (Phi) is 5.72. The largest absolute Gasteiger partial charge is 0.281 e. The Morgan fingerprint density at radius 2 is 1.71 bits per heavy atom. The van der Waals surface area contributed by atoms with Crippen LogP contribution in [0.1, 0.15) is 26.6 Å². The first-order valence-electron chi connectivity index (χ1n) is 10.3. The maximum Gasteiger partial charge on any atom is 0.281 e. The first kappa shape index (κ1) is 22.0. The Balaban J connectivity index is 1.37. The molecule has 0 saturated heterocycles. The molecule has 5 aromatic rings. The first-order chi connectivity index (χ1) is 16.4. The van der Waals surface area contributed by atoms with Gasteiger partial charge in [0.2, 0.25) is 0 Å². The minimum absolute atomic E-state index is 0.308. The summed E-state index contributed by atoms with van der Waals surface area (Å²) < 4.78 is 16.5. The molecule has 170 valence electrons. The lowest BCUT2D eigenvalue weighted by molar-refractivity contribution is 0.0959. The van der Waals surface area contributed by atoms with Crippen molar-refractivity contribution in [1.29, 1.82) is 0 Å². The topological polar surface area (TPSA) is 77.1 Å². The lowest BCUT2D eigenvalue weighted by Crippen LogP contribution is -2.16. The summed E-state index contributed by atoms with van der Waals surface area (Å²) in [6.07, 6.45) is 1.45. The second-order valence-corrected chi connectivity index (χ2v) is 8.93. The van der Waals surface area contributed by atoms with Crippen LogP contribution >= 0.6 is 22.9 Å². The fourth-order valence-corrected chi connectivity index (χ4v) is 4.92. The molecule has 7 nitrogen and oxygen atoms in total. The molecule has 0 aliphatic heterocycles. The molecule has 0 saturated carbocycles. The number of hydrogen-bond donors (Lipinski definition) is 1. The highest BCUT2D eigenvalue weighted by atomic mass is 35.5. The number of hydrazone groups is 1. The van der Waals surface area contributed by atoms with Crippen LogP contribution in [-0.4, -0.2) is 31.7 Å². The number of rotatable bonds is 5. The van der Waals surface area contributed by atoms with Crippen LogP contribution in [0.3, 0.4) is 0 Å². The molecule has 0 aliphatic carbocycles. The summed E-state index contributed by atoms with van der Waals surface area (Å²) in [5, 5.41) is 14.3. The van der Waals surface area contributed by atoms with Crippen molar-refractivity contribution >= 4 is 45.3 Å². The van der Waals surface area contributed by atoms with Gasteiger partial charge in [0.15, 0.2) is 0 Å². The van der Waals surface area contributed by atoms with Gasteiger partial charge in [-0.2, -0.15) is 15.3 Å². The maximum atomic E-state index is 13.2. The minimum Gasteiger partial charge on any atom is -0.266 e. The van der Waals surface area contributed by atoms with Crippen molar-refractivity contribution in [3.8, 4) is 11.4 Å². The lowest BCUT2D eigenvalue weighted by atomic mass is 10.3. The SMILES string of the molecule is Cc1nn(-c2ccc(F)cc2)c(Cl)c1/C=N\NC(=O)c1cc2c(C)nn(-c3ccccc3)c2s1. The summed E-state index contributed by atoms with van der Waals surface area (Å²) in [5.74, 6) is -0.683. The van der Waals surface area contributed by atoms with Crippen LogP contribution < -0.4 is 5.43 Å². The van der Waals surface area contributed by atoms with E-state index >= 15 is 0 Å². The molecule has 3 heterocycles. The van der Waals surface area contributed by atoms with Gasteiger partial charge in [-0.05, 0) is 56.3 Å². The van der Waals surface area contributed by atoms with Crippen molar-refractivity contribution in [2.24, 2.45) is 5.10 Å². The van der Waals surface area contributed by atoms with Gasteiger partial charge in [0.25, 0.3) is 5.91 Å². The van der Waals surface area contributed by atoms with E-state index in [-0.39, 0.29) is 11.7 Å². The first-order valence-corrected chi connectivity index (χ1v) is 11.5. The number of halogens is 2. The number of fused-ring (bicyclic) bond motifs is 1. The van der Waals surface area contributed by atoms with E-state index in [4.69, 9.17) is 11.6 Å². The number of aryl methyl sites for hydroxylation is 2. The van der Waals surface area contributed by atoms with Gasteiger partial charge in [0.05, 0.1) is 39.4 Å². The second kappa shape index (κ2) is 8.85. The van der Waals surface area contributed by atoms with Crippen LogP contribution in [0.5, 0.6) is 0 Å². The van der Waals surface area contributed by atoms with Gasteiger partial charge >= 0.3 is 0 Å². The molecule has 0 atom stereocenters. The van der Waals surface area contributed by atoms with Crippen LogP contribution in [0.25, 0.3) is 21.6 Å². The smallest absolute Gasteiger partial charge is 0.266 e. The Morgan fingerprint density at radius 1 is 1.03 bits per heavy atom. The molecule has 1 amide bonds. The maximum absolute atomic E-state index is 13.2. The number of aromatic nitrogens is 4. The molecule has 1 N–H and O–H groups in total. The second-order valence-electron chi connectivity index (χ2n) is 7.54. The number of benzene rings is 2. The number of para-hydroxylation sites is 1. The van der Waals surface area contributed by atoms with E-state index < -0.39 is 0 Å². The Labute approximate surface area is 203 Å². The zero-order chi connectivity index (χ0) is 23.8. The minimum atomic E-state index is -0.346. The predicted molar refractivity (Wildman–Crippen MR) is 132 cm³/mol. The summed E-state index contributed by atoms with van der Waals surface area (Å²) in [7, 11) is 0. The Hall–Kier alpha value is -3.82. The number of nitrogens with zero attached hydrogens (tertiary/aromatic N) is 5. The monoisotopic (exact) mass is 492 g/mol. The fourth-order valence-electron chi connectivity index (χ4n) is 3.53. The fraction of sp³-hybridized carbons (Fsp3) is 0.0833. The van der Waals surface area contributed by atoms with Crippen molar-refractivity contribution in [1.82, 2.24) is 25.0 Å². The van der Waals surface area contributed by atoms with Gasteiger partial charge in [0.1, 0.15) is 15.8 Å². The van der Waals surface area contributed by atoms with E-state index in [1.807, 2.05) is 48.0 Å². The number of amides is 1. The summed E-state index contributed by atoms with van der Waals surface area (Å²) in [5.41, 5.74) is 6.11. The van der Waals surface area contributed by atoms with E-state index in [0.29, 0.717) is 27.0 Å². The van der Waals surface area contributed by atoms with Crippen LogP contribution in [0.2, 0.25) is 5.15 Å². The van der Waals surface area contributed by atoms with Gasteiger partial charge in [-0.25, -0.2) is 19.2 Å². The molecule has 34 heavy (non-hydrogen) atoms. The van der Waals surface area contributed by atoms with E-state index in [1.165, 1.54) is 34.4 Å². The van der Waals surface area contributed by atoms with Crippen molar-refractivity contribution in [2.75, 3.05) is 0 Å². The summed E-state index contributed by atoms with van der Waals surface area (Å²) in [4.78, 5) is 14.2. The predicted octanol–water partition coefficient (Wildman–Crippen LogP) is 5.45. The third-order valence-electron chi connectivity index (χ3n) is 5.25. The van der Waals surface area contributed by atoms with Crippen LogP contribution in [0.15, 0.2) is 65.8 Å². The van der Waals surface area contributed by atoms with E-state index in [9.17, 15) is 9.18 Å². The van der Waals surface area contributed by atoms with Crippen molar-refractivity contribution in [3.63, 3.8) is 0 Å². The standard InChI is InChI=1S/C24H18ClFN6OS/c1-14-19-12-21(34-24(19)32(30-14)17-6-4-3-5-7-17)23(33)28-27-13-20-15(2)29-31(22(20)25)18-10-8-16(26)9-11-18/h3-13H,1-2H3,(H,28,33)/b27-13-. The molecular weight excluding hydrogens is 475 g/mol. The number of carbonyl (C=O) groups excluding carboxylic acids is 1. The summed E-state index contributed by atoms with van der Waals surface area (Å²) in [6.45, 7) is 3.69. The highest BCUT2D eigenvalue weighted by Gasteiger charge is 2.17. The lowest BCUT2D eigenvalue weighted by Gasteiger charge is -2.02. The highest BCUT2D eigenvalue weighted by Crippen LogP contribution is 2.30. The Morgan fingerprint density at radius 3 is 2.44 bits per heavy atom. The molecule has 0 fully saturated rings. The average molecular weight is 493 g/mol. The molecule has 5 rings (SSSR count). The molecule has 3 aromatic heterocycles. The average Bonchev–Trinajstić information content (AvgIpc) is 3.49. The molecule has 0 unspecified atom stereocenters. The van der Waals surface area contributed by atoms with Gasteiger partial charge in [-0.1, -0.05) is 29.8 Å². The van der Waals surface area contributed by atoms with Gasteiger partial charge in [0, 0.05) is 5.39 Å². The number of hydrogen-bond acceptors (Lipinski definition) is 5. The van der Waals surface area contributed by atoms with Crippen LogP contribution in [0, 0.1) is 19.7 Å². The molecule has 0 aliphatic rings. The quantitative estimate of drug-likeness (QED) is 0.262. The third kappa shape index (κ3) is 4.00. The Bertz CT molecular complexity index is 1540. The van der Waals surface area contributed by atoms with E-state index in [0.717, 1.165) is 21.6 Å². The molecule has 0 bridgehead atoms. The van der Waals surface area contributed by atoms with Gasteiger partial charge < -0.3 is 0 Å². The number of nitrogens with one attached hydrogen (secondary N) is 1. The molecule has 0 spiro atoms. The van der Waals surface area contributed by atoms with Crippen LogP contribution in [0.4, 0.5) is 4.39 Å². The van der Waals surface area contributed by atoms with E-state index in [1.54, 1.807) is 19.1 Å². The number of thiophene rings is 1. The van der Waals surface area contributed by atoms with Gasteiger partial charge in [-0.15, -0.1) is 11.3 Å². The normalized spacial score (nSPS) is 11.5. The zero-order valence-corrected chi connectivity index (χ0v) is 19.7. The molecule has 2 aromatic carbocycles. The van der Waals surface area contributed by atoms with Crippen molar-refractivity contribution in [3.05, 3.63) is 93.5 Å². The summed E-state index contributed by atoms with van der Waals surface area (Å²) in [6, 6.07) is 17.4. The molecular formula is C24H18ClFN6OS. The third-order valence-corrected chi connectivity index (χ3v) is 6.72. The highest BCUT2D eigenvalue weighted by molar-refractivity contribution is 7.20. The summed E-state index contributed by atoms with van der Waals surface area (Å²) >= 11 is 7.81. The number of carbonyl (C=O) groups is 1. The molecule has 0 radical (unpaired) electrons. The van der Waals surface area contributed by atoms with Crippen molar-refractivity contribution < 1.29 is 9.18 Å². The molecule has 10 heteroatoms. The zero-order valence-electron chi connectivity index (χ0n) is 18.2. The van der Waals surface area contributed by atoms with Crippen LogP contribution in [-0.2, 0) is 0 Å². The van der Waals surface area contributed by atoms with Gasteiger partial charge in [-0.3, -0.25) is 4.79 Å². The van der Waals surface area contributed by atoms with Crippen molar-refractivity contribution in [2.45, 2.75) is 13.8 Å². The van der Waals surface area contributed by atoms with E-state index in [2.05, 4.69) is 20.7 Å².